The van der Waals surface area contributed by atoms with Gasteiger partial charge in [0.25, 0.3) is 0 Å². The summed E-state index contributed by atoms with van der Waals surface area (Å²) < 4.78 is 0. The average Bonchev–Trinajstić information content (AvgIpc) is 0.916. The van der Waals surface area contributed by atoms with Crippen LogP contribution in [0.25, 0.3) is 0 Å². The Morgan fingerprint density at radius 3 is 1.29 bits per heavy atom. The van der Waals surface area contributed by atoms with Crippen LogP contribution in [0.2, 0.25) is 0 Å². The van der Waals surface area contributed by atoms with E-state index in [0.29, 0.717) is 23.3 Å². The maximum Gasteiger partial charge on any atom is 0.305 e. The highest BCUT2D eigenvalue weighted by Gasteiger charge is 2.38. The van der Waals surface area contributed by atoms with Gasteiger partial charge in [-0.2, -0.15) is 11.8 Å². The Hall–Kier alpha value is -9.11. The zero-order chi connectivity index (χ0) is 73.2. The van der Waals surface area contributed by atoms with Crippen molar-refractivity contribution < 1.29 is 87.5 Å². The molecule has 2 aromatic carbocycles. The number of amides is 12. The molecule has 21 N–H and O–H groups in total. The van der Waals surface area contributed by atoms with Gasteiger partial charge in [-0.3, -0.25) is 67.1 Å². The fourth-order valence-electron chi connectivity index (χ4n) is 9.54. The molecule has 0 saturated heterocycles. The van der Waals surface area contributed by atoms with Crippen molar-refractivity contribution in [3.63, 3.8) is 0 Å². The summed E-state index contributed by atoms with van der Waals surface area (Å²) in [6.45, 7) is 12.6. The summed E-state index contributed by atoms with van der Waals surface area (Å²) in [5, 5.41) is 67.3. The normalized spacial score (nSPS) is 15.1. The number of primary amides is 1. The lowest BCUT2D eigenvalue weighted by molar-refractivity contribution is -0.141. The maximum absolute atomic E-state index is 14.4. The molecule has 0 bridgehead atoms. The fraction of sp³-hybridized carbons (Fsp3) is 0.594. The van der Waals surface area contributed by atoms with Crippen molar-refractivity contribution in [3.8, 4) is 11.5 Å². The zero-order valence-electron chi connectivity index (χ0n) is 56.5. The van der Waals surface area contributed by atoms with Crippen LogP contribution < -0.4 is 75.7 Å². The third-order valence-electron chi connectivity index (χ3n) is 15.6. The van der Waals surface area contributed by atoms with E-state index in [-0.39, 0.29) is 81.7 Å². The van der Waals surface area contributed by atoms with Gasteiger partial charge in [-0.25, -0.2) is 0 Å². The van der Waals surface area contributed by atoms with Crippen molar-refractivity contribution in [2.75, 3.05) is 18.6 Å². The second-order valence-corrected chi connectivity index (χ2v) is 25.1. The first-order valence-electron chi connectivity index (χ1n) is 32.3. The maximum atomic E-state index is 14.4. The van der Waals surface area contributed by atoms with Crippen LogP contribution in [0.3, 0.4) is 0 Å². The molecule has 0 aliphatic carbocycles. The molecule has 33 heteroatoms. The van der Waals surface area contributed by atoms with Gasteiger partial charge < -0.3 is 96.1 Å². The molecule has 0 aromatic heterocycles. The highest BCUT2D eigenvalue weighted by Crippen LogP contribution is 2.17. The number of hydrogen-bond donors (Lipinski definition) is 18. The van der Waals surface area contributed by atoms with E-state index in [4.69, 9.17) is 17.2 Å². The lowest BCUT2D eigenvalue weighted by Gasteiger charge is -2.29. The van der Waals surface area contributed by atoms with Crippen LogP contribution in [-0.4, -0.2) is 194 Å². The minimum Gasteiger partial charge on any atom is -0.508 e. The van der Waals surface area contributed by atoms with Crippen molar-refractivity contribution in [2.45, 2.75) is 211 Å². The van der Waals surface area contributed by atoms with Gasteiger partial charge in [-0.1, -0.05) is 72.2 Å². The molecule has 97 heavy (non-hydrogen) atoms. The molecule has 0 radical (unpaired) electrons. The van der Waals surface area contributed by atoms with Gasteiger partial charge >= 0.3 is 11.9 Å². The lowest BCUT2D eigenvalue weighted by atomic mass is 9.96. The Morgan fingerprint density at radius 1 is 0.443 bits per heavy atom. The van der Waals surface area contributed by atoms with Crippen molar-refractivity contribution in [1.82, 2.24) is 58.5 Å². The summed E-state index contributed by atoms with van der Waals surface area (Å²) in [6, 6.07) is -5.54. The Balaban J connectivity index is 2.45. The summed E-state index contributed by atoms with van der Waals surface area (Å²) in [7, 11) is 0. The third kappa shape index (κ3) is 30.7. The standard InChI is InChI=1S/C64H100N14O18S/c1-10-34(6)52(78-63(95)48(31-38-18-22-40(80)23-19-38)76-59(91)45(26-28-97-9)71-56(88)41(66)11-2)64(96)73-44(24-25-50(81)82)57(89)68-36(8)55(87)74-46(29-33(4)5)61(93)77-49(32-51(83)84)62(94)72-43(15-13-14-27-65)58(90)75-47(30-37-16-20-39(79)21-17-37)60(92)69-35(7)54(86)70-42(12-3)53(67)85/h16-23,33-36,41-49,52,79-80H,10-15,24-32,65-66H2,1-9H3,(H2,67,85)(H,68,89)(H,69,92)(H,70,86)(H,71,88)(H,72,94)(H,73,96)(H,74,87)(H,75,90)(H,76,91)(H,77,93)(H,78,95)(H,81,82)(H,83,84)/t34-,35-,36-,41-,42-,43-,44-,45-,46-,47-,48-,49-,52-/m0/s1. The molecular weight excluding hydrogens is 1280 g/mol. The van der Waals surface area contributed by atoms with E-state index in [1.807, 2.05) is 0 Å². The summed E-state index contributed by atoms with van der Waals surface area (Å²) >= 11 is 1.40. The predicted octanol–water partition coefficient (Wildman–Crippen LogP) is -1.80. The molecule has 0 fully saturated rings. The largest absolute Gasteiger partial charge is 0.508 e. The highest BCUT2D eigenvalue weighted by atomic mass is 32.2. The molecule has 0 spiro atoms. The molecule has 32 nitrogen and oxygen atoms in total. The Bertz CT molecular complexity index is 3000. The average molecular weight is 1390 g/mol. The van der Waals surface area contributed by atoms with E-state index < -0.39 is 181 Å². The van der Waals surface area contributed by atoms with Gasteiger partial charge in [-0.15, -0.1) is 0 Å². The first kappa shape index (κ1) is 84.0. The number of nitrogens with two attached hydrogens (primary N) is 3. The first-order valence-corrected chi connectivity index (χ1v) is 33.7. The number of unbranched alkanes of at least 4 members (excludes halogenated alkanes) is 1. The van der Waals surface area contributed by atoms with Crippen LogP contribution in [0.1, 0.15) is 137 Å². The summed E-state index contributed by atoms with van der Waals surface area (Å²) in [6.07, 6.45) is 0.234. The lowest BCUT2D eigenvalue weighted by Crippen LogP contribution is -2.61. The molecule has 0 heterocycles. The van der Waals surface area contributed by atoms with E-state index >= 15 is 0 Å². The fourth-order valence-corrected chi connectivity index (χ4v) is 10.0. The van der Waals surface area contributed by atoms with E-state index in [1.54, 1.807) is 47.8 Å². The molecular formula is C64H100N14O18S. The molecule has 2 rings (SSSR count). The van der Waals surface area contributed by atoms with Gasteiger partial charge in [0, 0.05) is 19.3 Å². The molecule has 13 atom stereocenters. The van der Waals surface area contributed by atoms with E-state index in [0.717, 1.165) is 0 Å². The van der Waals surface area contributed by atoms with Crippen LogP contribution in [0, 0.1) is 11.8 Å². The number of aliphatic carboxylic acids is 2. The predicted molar refractivity (Wildman–Crippen MR) is 358 cm³/mol. The Labute approximate surface area is 568 Å². The number of carboxylic acids is 2. The number of rotatable bonds is 45. The molecule has 12 amide bonds. The summed E-state index contributed by atoms with van der Waals surface area (Å²) in [5.74, 6) is -14.7. The van der Waals surface area contributed by atoms with Gasteiger partial charge in [0.15, 0.2) is 0 Å². The topological polar surface area (TPSA) is 530 Å². The third-order valence-corrected chi connectivity index (χ3v) is 16.3. The van der Waals surface area contributed by atoms with Gasteiger partial charge in [-0.05, 0) is 131 Å². The number of phenolic OH excluding ortho intramolecular Hbond substituents is 2. The molecule has 0 unspecified atom stereocenters. The minimum atomic E-state index is -1.92. The molecule has 0 saturated carbocycles. The molecule has 0 aliphatic heterocycles. The van der Waals surface area contributed by atoms with Crippen LogP contribution in [0.4, 0.5) is 0 Å². The van der Waals surface area contributed by atoms with E-state index in [9.17, 15) is 87.5 Å². The first-order chi connectivity index (χ1) is 45.7. The van der Waals surface area contributed by atoms with Crippen LogP contribution in [0.5, 0.6) is 11.5 Å². The smallest absolute Gasteiger partial charge is 0.305 e. The van der Waals surface area contributed by atoms with Gasteiger partial charge in [0.05, 0.1) is 12.5 Å². The monoisotopic (exact) mass is 1380 g/mol. The Morgan fingerprint density at radius 2 is 0.845 bits per heavy atom. The highest BCUT2D eigenvalue weighted by molar-refractivity contribution is 7.98. The number of carboxylic acid groups (broad SMARTS) is 2. The van der Waals surface area contributed by atoms with Crippen LogP contribution in [0.15, 0.2) is 48.5 Å². The van der Waals surface area contributed by atoms with Gasteiger partial charge in [0.2, 0.25) is 70.9 Å². The summed E-state index contributed by atoms with van der Waals surface area (Å²) in [4.78, 5) is 189. The number of phenols is 2. The molecule has 540 valence electrons. The number of carbonyl (C=O) groups excluding carboxylic acids is 12. The Kier molecular flexibility index (Phi) is 37.4. The van der Waals surface area contributed by atoms with Crippen molar-refractivity contribution >= 4 is 94.6 Å². The van der Waals surface area contributed by atoms with Crippen LogP contribution in [-0.2, 0) is 80.0 Å². The van der Waals surface area contributed by atoms with Gasteiger partial charge in [0.1, 0.15) is 78.0 Å². The number of thioether (sulfide) groups is 1. The number of hydrogen-bond acceptors (Lipinski definition) is 19. The SMILES string of the molecule is CC[C@H](NC(=O)[C@H](C)NC(=O)[C@H](Cc1ccc(O)cc1)NC(=O)[C@H](CCCCN)NC(=O)[C@H](CC(=O)O)NC(=O)[C@H](CC(C)C)NC(=O)[C@H](C)NC(=O)[C@H](CCC(=O)O)NC(=O)[C@@H](NC(=O)[C@H](Cc1ccc(O)cc1)NC(=O)[C@H](CCSC)NC(=O)[C@@H](N)CC)[C@@H](C)CC)C(N)=O. The number of aromatic hydroxyl groups is 2. The molecule has 2 aromatic rings. The van der Waals surface area contributed by atoms with E-state index in [1.165, 1.54) is 74.1 Å². The number of carbonyl (C=O) groups is 14. The van der Waals surface area contributed by atoms with Crippen LogP contribution >= 0.6 is 11.8 Å². The number of benzene rings is 2. The van der Waals surface area contributed by atoms with Crippen molar-refractivity contribution in [1.29, 1.82) is 0 Å². The second-order valence-electron chi connectivity index (χ2n) is 24.1. The summed E-state index contributed by atoms with van der Waals surface area (Å²) in [5.41, 5.74) is 18.0. The van der Waals surface area contributed by atoms with E-state index in [2.05, 4.69) is 58.5 Å². The second kappa shape index (κ2) is 43.1. The zero-order valence-corrected chi connectivity index (χ0v) is 57.3. The molecule has 0 aliphatic rings. The minimum absolute atomic E-state index is 0.0841. The quantitative estimate of drug-likeness (QED) is 0.0325. The van der Waals surface area contributed by atoms with Crippen molar-refractivity contribution in [2.24, 2.45) is 29.0 Å². The number of nitrogens with one attached hydrogen (secondary N) is 11. The van der Waals surface area contributed by atoms with Crippen molar-refractivity contribution in [3.05, 3.63) is 59.7 Å².